The van der Waals surface area contributed by atoms with Gasteiger partial charge in [0.25, 0.3) is 0 Å². The first-order chi connectivity index (χ1) is 9.60. The molecule has 2 aromatic rings. The van der Waals surface area contributed by atoms with Crippen LogP contribution in [0.3, 0.4) is 0 Å². The predicted octanol–water partition coefficient (Wildman–Crippen LogP) is 4.70. The number of nitrogens with zero attached hydrogens (tertiary/aromatic N) is 1. The molecule has 20 heavy (non-hydrogen) atoms. The molecule has 4 heteroatoms. The van der Waals surface area contributed by atoms with E-state index in [0.29, 0.717) is 6.04 Å². The standard InChI is InChI=1S/C16H21ClN2S/c1-4-7-18-15(16-10-19-12(3)20-16)9-13-6-5-11(2)8-14(13)17/h5-6,8,10,15,18H,4,7,9H2,1-3H3. The van der Waals surface area contributed by atoms with Crippen molar-refractivity contribution in [3.8, 4) is 0 Å². The van der Waals surface area contributed by atoms with Gasteiger partial charge in [-0.2, -0.15) is 0 Å². The molecule has 1 unspecified atom stereocenters. The highest BCUT2D eigenvalue weighted by Crippen LogP contribution is 2.27. The second-order valence-electron chi connectivity index (χ2n) is 5.09. The molecule has 0 amide bonds. The smallest absolute Gasteiger partial charge is 0.0897 e. The fraction of sp³-hybridized carbons (Fsp3) is 0.438. The molecule has 0 spiro atoms. The molecule has 0 aliphatic heterocycles. The van der Waals surface area contributed by atoms with Gasteiger partial charge in [-0.05, 0) is 50.4 Å². The van der Waals surface area contributed by atoms with E-state index in [1.165, 1.54) is 16.0 Å². The van der Waals surface area contributed by atoms with E-state index in [1.54, 1.807) is 11.3 Å². The Bertz CT molecular complexity index is 565. The van der Waals surface area contributed by atoms with Crippen LogP contribution < -0.4 is 5.32 Å². The Kier molecular flexibility index (Phi) is 5.58. The van der Waals surface area contributed by atoms with Gasteiger partial charge in [-0.25, -0.2) is 4.98 Å². The zero-order valence-electron chi connectivity index (χ0n) is 12.2. The maximum absolute atomic E-state index is 6.36. The molecule has 2 rings (SSSR count). The van der Waals surface area contributed by atoms with Gasteiger partial charge in [-0.1, -0.05) is 30.7 Å². The number of benzene rings is 1. The van der Waals surface area contributed by atoms with Crippen LogP contribution in [0.4, 0.5) is 0 Å². The van der Waals surface area contributed by atoms with E-state index in [0.717, 1.165) is 29.4 Å². The lowest BCUT2D eigenvalue weighted by atomic mass is 10.0. The minimum atomic E-state index is 0.293. The molecular formula is C16H21ClN2S. The van der Waals surface area contributed by atoms with Gasteiger partial charge in [-0.3, -0.25) is 0 Å². The summed E-state index contributed by atoms with van der Waals surface area (Å²) in [7, 11) is 0. The normalized spacial score (nSPS) is 12.6. The van der Waals surface area contributed by atoms with Gasteiger partial charge in [0, 0.05) is 22.1 Å². The molecule has 0 saturated heterocycles. The van der Waals surface area contributed by atoms with E-state index in [1.807, 2.05) is 19.2 Å². The quantitative estimate of drug-likeness (QED) is 0.837. The third-order valence-corrected chi connectivity index (χ3v) is 4.63. The van der Waals surface area contributed by atoms with Crippen molar-refractivity contribution in [2.75, 3.05) is 6.54 Å². The third-order valence-electron chi connectivity index (χ3n) is 3.26. The van der Waals surface area contributed by atoms with Crippen LogP contribution in [0.25, 0.3) is 0 Å². The van der Waals surface area contributed by atoms with Crippen LogP contribution in [0.1, 0.15) is 40.4 Å². The van der Waals surface area contributed by atoms with E-state index in [2.05, 4.69) is 36.3 Å². The van der Waals surface area contributed by atoms with Crippen molar-refractivity contribution >= 4 is 22.9 Å². The number of halogens is 1. The van der Waals surface area contributed by atoms with E-state index in [4.69, 9.17) is 11.6 Å². The Hall–Kier alpha value is -0.900. The highest BCUT2D eigenvalue weighted by molar-refractivity contribution is 7.11. The average molecular weight is 309 g/mol. The largest absolute Gasteiger partial charge is 0.309 e. The minimum absolute atomic E-state index is 0.293. The number of rotatable bonds is 6. The number of nitrogens with one attached hydrogen (secondary N) is 1. The van der Waals surface area contributed by atoms with Crippen molar-refractivity contribution in [1.29, 1.82) is 0 Å². The van der Waals surface area contributed by atoms with Gasteiger partial charge in [0.05, 0.1) is 5.01 Å². The van der Waals surface area contributed by atoms with Crippen LogP contribution in [0.15, 0.2) is 24.4 Å². The highest BCUT2D eigenvalue weighted by atomic mass is 35.5. The fourth-order valence-corrected chi connectivity index (χ4v) is 3.34. The zero-order valence-corrected chi connectivity index (χ0v) is 13.8. The molecule has 0 radical (unpaired) electrons. The molecule has 0 aliphatic carbocycles. The number of aromatic nitrogens is 1. The van der Waals surface area contributed by atoms with Crippen molar-refractivity contribution < 1.29 is 0 Å². The Morgan fingerprint density at radius 2 is 2.15 bits per heavy atom. The Balaban J connectivity index is 2.18. The lowest BCUT2D eigenvalue weighted by molar-refractivity contribution is 0.536. The third kappa shape index (κ3) is 4.05. The molecular weight excluding hydrogens is 288 g/mol. The first-order valence-electron chi connectivity index (χ1n) is 7.01. The fourth-order valence-electron chi connectivity index (χ4n) is 2.17. The number of hydrogen-bond acceptors (Lipinski definition) is 3. The van der Waals surface area contributed by atoms with Crippen molar-refractivity contribution in [2.24, 2.45) is 0 Å². The van der Waals surface area contributed by atoms with E-state index < -0.39 is 0 Å². The van der Waals surface area contributed by atoms with Crippen molar-refractivity contribution in [3.05, 3.63) is 50.4 Å². The van der Waals surface area contributed by atoms with Crippen LogP contribution in [0, 0.1) is 13.8 Å². The monoisotopic (exact) mass is 308 g/mol. The molecule has 1 N–H and O–H groups in total. The first-order valence-corrected chi connectivity index (χ1v) is 8.20. The van der Waals surface area contributed by atoms with Gasteiger partial charge in [-0.15, -0.1) is 11.3 Å². The lowest BCUT2D eigenvalue weighted by Gasteiger charge is -2.18. The van der Waals surface area contributed by atoms with E-state index in [-0.39, 0.29) is 0 Å². The molecule has 1 atom stereocenters. The summed E-state index contributed by atoms with van der Waals surface area (Å²) in [5.41, 5.74) is 2.39. The molecule has 1 aromatic carbocycles. The molecule has 108 valence electrons. The molecule has 0 bridgehead atoms. The Morgan fingerprint density at radius 3 is 2.75 bits per heavy atom. The molecule has 0 saturated carbocycles. The van der Waals surface area contributed by atoms with Crippen molar-refractivity contribution in [3.63, 3.8) is 0 Å². The first kappa shape index (κ1) is 15.5. The van der Waals surface area contributed by atoms with Gasteiger partial charge in [0.1, 0.15) is 0 Å². The van der Waals surface area contributed by atoms with E-state index >= 15 is 0 Å². The molecule has 2 nitrogen and oxygen atoms in total. The minimum Gasteiger partial charge on any atom is -0.309 e. The van der Waals surface area contributed by atoms with Crippen LogP contribution in [-0.4, -0.2) is 11.5 Å². The number of aryl methyl sites for hydroxylation is 2. The van der Waals surface area contributed by atoms with Crippen LogP contribution in [-0.2, 0) is 6.42 Å². The molecule has 0 fully saturated rings. The maximum Gasteiger partial charge on any atom is 0.0897 e. The van der Waals surface area contributed by atoms with Gasteiger partial charge in [0.2, 0.25) is 0 Å². The maximum atomic E-state index is 6.36. The summed E-state index contributed by atoms with van der Waals surface area (Å²) < 4.78 is 0. The summed E-state index contributed by atoms with van der Waals surface area (Å²) in [5.74, 6) is 0. The number of hydrogen-bond donors (Lipinski definition) is 1. The molecule has 1 heterocycles. The summed E-state index contributed by atoms with van der Waals surface area (Å²) in [4.78, 5) is 5.65. The topological polar surface area (TPSA) is 24.9 Å². The van der Waals surface area contributed by atoms with Crippen molar-refractivity contribution in [2.45, 2.75) is 39.7 Å². The highest BCUT2D eigenvalue weighted by Gasteiger charge is 2.15. The summed E-state index contributed by atoms with van der Waals surface area (Å²) >= 11 is 8.12. The zero-order chi connectivity index (χ0) is 14.5. The summed E-state index contributed by atoms with van der Waals surface area (Å²) in [6, 6.07) is 6.58. The van der Waals surface area contributed by atoms with E-state index in [9.17, 15) is 0 Å². The SMILES string of the molecule is CCCNC(Cc1ccc(C)cc1Cl)c1cnc(C)s1. The lowest BCUT2D eigenvalue weighted by Crippen LogP contribution is -2.23. The van der Waals surface area contributed by atoms with Crippen LogP contribution in [0.5, 0.6) is 0 Å². The second-order valence-corrected chi connectivity index (χ2v) is 6.76. The predicted molar refractivity (Wildman–Crippen MR) is 87.8 cm³/mol. The van der Waals surface area contributed by atoms with Gasteiger partial charge < -0.3 is 5.32 Å². The summed E-state index contributed by atoms with van der Waals surface area (Å²) in [6.45, 7) is 7.30. The van der Waals surface area contributed by atoms with Crippen LogP contribution >= 0.6 is 22.9 Å². The van der Waals surface area contributed by atoms with Gasteiger partial charge >= 0.3 is 0 Å². The average Bonchev–Trinajstić information content (AvgIpc) is 2.83. The van der Waals surface area contributed by atoms with Crippen molar-refractivity contribution in [1.82, 2.24) is 10.3 Å². The second kappa shape index (κ2) is 7.21. The van der Waals surface area contributed by atoms with Crippen LogP contribution in [0.2, 0.25) is 5.02 Å². The Morgan fingerprint density at radius 1 is 1.35 bits per heavy atom. The molecule has 1 aromatic heterocycles. The summed E-state index contributed by atoms with van der Waals surface area (Å²) in [6.07, 6.45) is 4.01. The number of thiazole rings is 1. The summed E-state index contributed by atoms with van der Waals surface area (Å²) in [5, 5.41) is 5.57. The Labute approximate surface area is 130 Å². The van der Waals surface area contributed by atoms with Gasteiger partial charge in [0.15, 0.2) is 0 Å². The molecule has 0 aliphatic rings.